The molecule has 2 fully saturated rings. The zero-order chi connectivity index (χ0) is 14.2. The van der Waals surface area contributed by atoms with Gasteiger partial charge >= 0.3 is 35.6 Å². The fourth-order valence-electron chi connectivity index (χ4n) is 2.05. The van der Waals surface area contributed by atoms with E-state index in [4.69, 9.17) is 18.6 Å². The Balaban J connectivity index is 0.000000452. The van der Waals surface area contributed by atoms with Crippen LogP contribution in [0, 0.1) is 62.7 Å². The Morgan fingerprint density at radius 1 is 0.700 bits per heavy atom. The van der Waals surface area contributed by atoms with Crippen molar-refractivity contribution < 1.29 is 17.0 Å². The predicted octanol–water partition coefficient (Wildman–Crippen LogP) is 4.90. The zero-order valence-corrected chi connectivity index (χ0v) is 14.7. The molecular formula is C16H13Cl2PTi. The van der Waals surface area contributed by atoms with Crippen LogP contribution in [0.4, 0.5) is 0 Å². The summed E-state index contributed by atoms with van der Waals surface area (Å²) in [5, 5.41) is 1.42. The van der Waals surface area contributed by atoms with E-state index in [1.165, 1.54) is 16.6 Å². The molecule has 1 aromatic rings. The monoisotopic (exact) mass is 354 g/mol. The van der Waals surface area contributed by atoms with E-state index in [-0.39, 0.29) is 7.92 Å². The average Bonchev–Trinajstić information content (AvgIpc) is 3.15. The summed E-state index contributed by atoms with van der Waals surface area (Å²) in [4.78, 5) is 0. The van der Waals surface area contributed by atoms with Gasteiger partial charge in [-0.15, -0.1) is 0 Å². The Bertz CT molecular complexity index is 346. The maximum absolute atomic E-state index is 4.89. The Morgan fingerprint density at radius 3 is 1.50 bits per heavy atom. The van der Waals surface area contributed by atoms with Gasteiger partial charge in [-0.25, -0.2) is 0 Å². The second kappa shape index (κ2) is 9.86. The standard InChI is InChI=1S/C16H13P.2ClH.Ti/c1-2-8-14(9-3-1)17(15-10-4-5-11-15)16-12-6-7-13-16;;;/h1-13H;2*1H;/q;;;+2/p-2. The number of halogens is 2. The molecule has 0 aliphatic heterocycles. The molecular weight excluding hydrogens is 342 g/mol. The molecule has 20 heavy (non-hydrogen) atoms. The SMILES string of the molecule is [CH]1[CH][CH][C](P([C]2[CH][CH][CH][CH]2)c2ccccc2)[CH]1.[Cl][Ti][Cl]. The number of hydrogen-bond acceptors (Lipinski definition) is 0. The van der Waals surface area contributed by atoms with Crippen LogP contribution in [0.1, 0.15) is 0 Å². The molecule has 0 atom stereocenters. The molecule has 0 heterocycles. The van der Waals surface area contributed by atoms with Crippen molar-refractivity contribution in [2.24, 2.45) is 0 Å². The van der Waals surface area contributed by atoms with Crippen LogP contribution in [-0.2, 0) is 17.0 Å². The molecule has 10 radical (unpaired) electrons. The summed E-state index contributed by atoms with van der Waals surface area (Å²) in [7, 11) is 9.41. The average molecular weight is 355 g/mol. The molecule has 2 aliphatic carbocycles. The summed E-state index contributed by atoms with van der Waals surface area (Å²) in [5.74, 6) is 0. The van der Waals surface area contributed by atoms with Crippen LogP contribution in [0.3, 0.4) is 0 Å². The van der Waals surface area contributed by atoms with Gasteiger partial charge in [-0.3, -0.25) is 0 Å². The summed E-state index contributed by atoms with van der Waals surface area (Å²) in [6.07, 6.45) is 17.4. The fourth-order valence-corrected chi connectivity index (χ4v) is 4.36. The van der Waals surface area contributed by atoms with Crippen LogP contribution in [0.25, 0.3) is 0 Å². The van der Waals surface area contributed by atoms with E-state index in [2.05, 4.69) is 81.7 Å². The van der Waals surface area contributed by atoms with Gasteiger partial charge in [-0.2, -0.15) is 0 Å². The molecule has 0 N–H and O–H groups in total. The van der Waals surface area contributed by atoms with Crippen molar-refractivity contribution >= 4 is 31.8 Å². The van der Waals surface area contributed by atoms with Gasteiger partial charge in [0.2, 0.25) is 0 Å². The first kappa shape index (κ1) is 17.3. The summed E-state index contributed by atoms with van der Waals surface area (Å²) < 4.78 is 0. The third-order valence-electron chi connectivity index (χ3n) is 2.82. The van der Waals surface area contributed by atoms with E-state index in [0.29, 0.717) is 0 Å². The quantitative estimate of drug-likeness (QED) is 0.535. The van der Waals surface area contributed by atoms with Gasteiger partial charge in [-0.05, 0) is 56.7 Å². The van der Waals surface area contributed by atoms with Crippen molar-refractivity contribution in [1.29, 1.82) is 0 Å². The summed E-state index contributed by atoms with van der Waals surface area (Å²) in [5.41, 5.74) is 2.86. The van der Waals surface area contributed by atoms with E-state index in [1.54, 1.807) is 0 Å². The third-order valence-corrected chi connectivity index (χ3v) is 5.26. The van der Waals surface area contributed by atoms with Gasteiger partial charge in [0.1, 0.15) is 0 Å². The first-order valence-electron chi connectivity index (χ1n) is 6.11. The first-order valence-corrected chi connectivity index (χ1v) is 11.8. The van der Waals surface area contributed by atoms with Crippen molar-refractivity contribution in [2.75, 3.05) is 0 Å². The van der Waals surface area contributed by atoms with Gasteiger partial charge in [0.25, 0.3) is 0 Å². The predicted molar refractivity (Wildman–Crippen MR) is 85.6 cm³/mol. The second-order valence-corrected chi connectivity index (χ2v) is 8.83. The van der Waals surface area contributed by atoms with Crippen LogP contribution in [-0.4, -0.2) is 0 Å². The van der Waals surface area contributed by atoms with E-state index in [1.807, 2.05) is 0 Å². The van der Waals surface area contributed by atoms with Crippen molar-refractivity contribution in [3.05, 3.63) is 93.0 Å². The minimum atomic E-state index is -0.556. The summed E-state index contributed by atoms with van der Waals surface area (Å²) in [6.45, 7) is 0. The van der Waals surface area contributed by atoms with Crippen LogP contribution < -0.4 is 5.30 Å². The number of rotatable bonds is 3. The summed E-state index contributed by atoms with van der Waals surface area (Å²) >= 11 is -0.556. The molecule has 2 saturated carbocycles. The van der Waals surface area contributed by atoms with Gasteiger partial charge < -0.3 is 0 Å². The fraction of sp³-hybridized carbons (Fsp3) is 0. The molecule has 3 rings (SSSR count). The molecule has 1 aromatic carbocycles. The number of hydrogen-bond donors (Lipinski definition) is 0. The molecule has 0 aromatic heterocycles. The van der Waals surface area contributed by atoms with Gasteiger partial charge in [0.15, 0.2) is 0 Å². The normalized spacial score (nSPS) is 19.9. The Hall–Kier alpha value is 0.944. The Kier molecular flexibility index (Phi) is 8.53. The van der Waals surface area contributed by atoms with Crippen molar-refractivity contribution in [1.82, 2.24) is 0 Å². The zero-order valence-electron chi connectivity index (χ0n) is 10.7. The molecule has 0 saturated heterocycles. The molecule has 0 nitrogen and oxygen atoms in total. The van der Waals surface area contributed by atoms with Crippen LogP contribution in [0.15, 0.2) is 30.3 Å². The van der Waals surface area contributed by atoms with E-state index in [0.717, 1.165) is 0 Å². The van der Waals surface area contributed by atoms with Crippen LogP contribution in [0.5, 0.6) is 0 Å². The van der Waals surface area contributed by atoms with E-state index >= 15 is 0 Å². The van der Waals surface area contributed by atoms with Gasteiger partial charge in [0.05, 0.1) is 0 Å². The maximum atomic E-state index is 4.89. The van der Waals surface area contributed by atoms with Gasteiger partial charge in [-0.1, -0.05) is 38.3 Å². The molecule has 0 bridgehead atoms. The van der Waals surface area contributed by atoms with Crippen molar-refractivity contribution in [3.8, 4) is 0 Å². The minimum absolute atomic E-state index is 0.372. The summed E-state index contributed by atoms with van der Waals surface area (Å²) in [6, 6.07) is 10.8. The van der Waals surface area contributed by atoms with Crippen molar-refractivity contribution in [2.45, 2.75) is 0 Å². The topological polar surface area (TPSA) is 0 Å². The van der Waals surface area contributed by atoms with Crippen LogP contribution in [0.2, 0.25) is 0 Å². The molecule has 0 spiro atoms. The second-order valence-electron chi connectivity index (χ2n) is 4.03. The van der Waals surface area contributed by atoms with E-state index in [9.17, 15) is 0 Å². The van der Waals surface area contributed by atoms with Crippen molar-refractivity contribution in [3.63, 3.8) is 0 Å². The molecule has 2 aliphatic rings. The molecule has 0 unspecified atom stereocenters. The first-order chi connectivity index (χ1) is 9.86. The van der Waals surface area contributed by atoms with Crippen LogP contribution >= 0.6 is 26.5 Å². The Labute approximate surface area is 141 Å². The molecule has 4 heteroatoms. The molecule has 0 amide bonds. The third kappa shape index (κ3) is 5.00. The molecule has 100 valence electrons. The number of benzene rings is 1. The Morgan fingerprint density at radius 2 is 1.10 bits per heavy atom. The van der Waals surface area contributed by atoms with E-state index < -0.39 is 17.0 Å². The van der Waals surface area contributed by atoms with Gasteiger partial charge in [0, 0.05) is 11.3 Å².